The Kier molecular flexibility index (Phi) is 5.25. The summed E-state index contributed by atoms with van der Waals surface area (Å²) in [4.78, 5) is 18.1. The molecular formula is C18H25N5O. The minimum atomic E-state index is -0.0197. The zero-order valence-electron chi connectivity index (χ0n) is 14.4. The molecule has 0 radical (unpaired) electrons. The summed E-state index contributed by atoms with van der Waals surface area (Å²) in [6.07, 6.45) is 8.29. The van der Waals surface area contributed by atoms with Crippen LogP contribution in [0.1, 0.15) is 49.6 Å². The van der Waals surface area contributed by atoms with Crippen LogP contribution in [0.4, 0.5) is 0 Å². The minimum Gasteiger partial charge on any atom is -0.352 e. The molecule has 1 fully saturated rings. The van der Waals surface area contributed by atoms with E-state index in [-0.39, 0.29) is 5.91 Å². The number of carbonyl (C=O) groups excluding carboxylic acids is 1. The van der Waals surface area contributed by atoms with E-state index in [0.717, 1.165) is 37.3 Å². The fourth-order valence-corrected chi connectivity index (χ4v) is 3.21. The molecule has 3 rings (SSSR count). The molecular weight excluding hydrogens is 302 g/mol. The quantitative estimate of drug-likeness (QED) is 0.884. The molecule has 24 heavy (non-hydrogen) atoms. The maximum Gasteiger partial charge on any atom is 0.217 e. The Hall–Kier alpha value is -2.21. The van der Waals surface area contributed by atoms with Crippen molar-refractivity contribution in [1.29, 1.82) is 0 Å². The number of rotatable bonds is 6. The molecule has 1 amide bonds. The van der Waals surface area contributed by atoms with Gasteiger partial charge in [0.05, 0.1) is 17.9 Å². The summed E-state index contributed by atoms with van der Waals surface area (Å²) < 4.78 is 1.97. The van der Waals surface area contributed by atoms with Crippen molar-refractivity contribution < 1.29 is 4.79 Å². The Morgan fingerprint density at radius 1 is 1.33 bits per heavy atom. The van der Waals surface area contributed by atoms with Crippen LogP contribution >= 0.6 is 0 Å². The zero-order chi connectivity index (χ0) is 16.9. The molecule has 1 N–H and O–H groups in total. The average molecular weight is 327 g/mol. The van der Waals surface area contributed by atoms with Crippen LogP contribution in [0.25, 0.3) is 0 Å². The highest BCUT2D eigenvalue weighted by atomic mass is 16.1. The molecule has 6 heteroatoms. The molecule has 3 heterocycles. The highest BCUT2D eigenvalue weighted by Crippen LogP contribution is 2.32. The molecule has 6 nitrogen and oxygen atoms in total. The number of nitrogens with one attached hydrogen (secondary N) is 1. The Bertz CT molecular complexity index is 679. The second-order valence-corrected chi connectivity index (χ2v) is 6.33. The smallest absolute Gasteiger partial charge is 0.217 e. The van der Waals surface area contributed by atoms with Crippen molar-refractivity contribution in [3.05, 3.63) is 47.5 Å². The number of aromatic nitrogens is 3. The van der Waals surface area contributed by atoms with E-state index >= 15 is 0 Å². The number of aryl methyl sites for hydroxylation is 1. The van der Waals surface area contributed by atoms with E-state index in [1.165, 1.54) is 18.9 Å². The second-order valence-electron chi connectivity index (χ2n) is 6.33. The van der Waals surface area contributed by atoms with Crippen molar-refractivity contribution in [3.8, 4) is 0 Å². The molecule has 1 aliphatic heterocycles. The number of likely N-dealkylation sites (tertiary alicyclic amines) is 1. The molecule has 2 aromatic rings. The van der Waals surface area contributed by atoms with Gasteiger partial charge in [-0.2, -0.15) is 5.10 Å². The van der Waals surface area contributed by atoms with Gasteiger partial charge in [0.25, 0.3) is 0 Å². The van der Waals surface area contributed by atoms with Crippen LogP contribution in [0.5, 0.6) is 0 Å². The molecule has 0 spiro atoms. The van der Waals surface area contributed by atoms with Crippen LogP contribution in [0.2, 0.25) is 0 Å². The van der Waals surface area contributed by atoms with Gasteiger partial charge in [-0.3, -0.25) is 19.4 Å². The predicted molar refractivity (Wildman–Crippen MR) is 92.0 cm³/mol. The lowest BCUT2D eigenvalue weighted by molar-refractivity contribution is -0.119. The molecule has 1 atom stereocenters. The largest absolute Gasteiger partial charge is 0.352 e. The highest BCUT2D eigenvalue weighted by molar-refractivity contribution is 5.72. The summed E-state index contributed by atoms with van der Waals surface area (Å²) >= 11 is 0. The summed E-state index contributed by atoms with van der Waals surface area (Å²) in [5.74, 6) is -0.0197. The summed E-state index contributed by atoms with van der Waals surface area (Å²) in [5.41, 5.74) is 3.40. The van der Waals surface area contributed by atoms with Crippen LogP contribution in [0.15, 0.2) is 30.7 Å². The number of carbonyl (C=O) groups is 1. The van der Waals surface area contributed by atoms with Crippen molar-refractivity contribution in [2.24, 2.45) is 0 Å². The molecule has 128 valence electrons. The number of hydrogen-bond donors (Lipinski definition) is 1. The van der Waals surface area contributed by atoms with Crippen LogP contribution in [-0.4, -0.2) is 32.1 Å². The van der Waals surface area contributed by atoms with Gasteiger partial charge in [-0.1, -0.05) is 6.07 Å². The van der Waals surface area contributed by atoms with E-state index in [0.29, 0.717) is 12.6 Å². The maximum atomic E-state index is 11.0. The number of hydrogen-bond acceptors (Lipinski definition) is 4. The van der Waals surface area contributed by atoms with Crippen molar-refractivity contribution >= 4 is 5.91 Å². The second kappa shape index (κ2) is 7.57. The van der Waals surface area contributed by atoms with Crippen molar-refractivity contribution in [1.82, 2.24) is 25.0 Å². The van der Waals surface area contributed by atoms with Gasteiger partial charge in [0.15, 0.2) is 0 Å². The first kappa shape index (κ1) is 16.6. The summed E-state index contributed by atoms with van der Waals surface area (Å²) in [6.45, 7) is 7.08. The van der Waals surface area contributed by atoms with Crippen molar-refractivity contribution in [2.75, 3.05) is 6.54 Å². The van der Waals surface area contributed by atoms with Gasteiger partial charge in [-0.25, -0.2) is 0 Å². The molecule has 0 bridgehead atoms. The van der Waals surface area contributed by atoms with E-state index in [1.807, 2.05) is 17.1 Å². The lowest BCUT2D eigenvalue weighted by Gasteiger charge is -2.23. The molecule has 0 saturated carbocycles. The topological polar surface area (TPSA) is 63.0 Å². The standard InChI is InChI=1S/C18H25N5O/c1-3-23-13-16(11-21-23)12-22-8-4-5-18(22)17-7-6-15(10-20-17)9-19-14(2)24/h6-7,10-11,13,18H,3-5,8-9,12H2,1-2H3,(H,19,24)/t18-/m1/s1. The van der Waals surface area contributed by atoms with E-state index in [9.17, 15) is 4.79 Å². The number of pyridine rings is 1. The maximum absolute atomic E-state index is 11.0. The first-order valence-electron chi connectivity index (χ1n) is 8.60. The third-order valence-electron chi connectivity index (χ3n) is 4.49. The van der Waals surface area contributed by atoms with Crippen LogP contribution < -0.4 is 5.32 Å². The fraction of sp³-hybridized carbons (Fsp3) is 0.500. The molecule has 0 aliphatic carbocycles. The average Bonchev–Trinajstić information content (AvgIpc) is 3.23. The monoisotopic (exact) mass is 327 g/mol. The lowest BCUT2D eigenvalue weighted by atomic mass is 10.1. The van der Waals surface area contributed by atoms with E-state index in [4.69, 9.17) is 0 Å². The third-order valence-corrected chi connectivity index (χ3v) is 4.49. The lowest BCUT2D eigenvalue weighted by Crippen LogP contribution is -2.23. The van der Waals surface area contributed by atoms with Crippen LogP contribution in [0.3, 0.4) is 0 Å². The predicted octanol–water partition coefficient (Wildman–Crippen LogP) is 2.27. The van der Waals surface area contributed by atoms with Gasteiger partial charge in [0, 0.05) is 44.5 Å². The summed E-state index contributed by atoms with van der Waals surface area (Å²) in [6, 6.07) is 4.52. The normalized spacial score (nSPS) is 18.0. The minimum absolute atomic E-state index is 0.0197. The van der Waals surface area contributed by atoms with Gasteiger partial charge < -0.3 is 5.32 Å². The zero-order valence-corrected chi connectivity index (χ0v) is 14.4. The van der Waals surface area contributed by atoms with Crippen LogP contribution in [0, 0.1) is 0 Å². The number of nitrogens with zero attached hydrogens (tertiary/aromatic N) is 4. The molecule has 0 aromatic carbocycles. The van der Waals surface area contributed by atoms with Gasteiger partial charge >= 0.3 is 0 Å². The Morgan fingerprint density at radius 3 is 2.88 bits per heavy atom. The highest BCUT2D eigenvalue weighted by Gasteiger charge is 2.27. The molecule has 1 saturated heterocycles. The molecule has 2 aromatic heterocycles. The van der Waals surface area contributed by atoms with Gasteiger partial charge in [-0.05, 0) is 37.9 Å². The first-order chi connectivity index (χ1) is 11.7. The Labute approximate surface area is 142 Å². The SMILES string of the molecule is CCn1cc(CN2CCC[C@@H]2c2ccc(CNC(C)=O)cn2)cn1. The van der Waals surface area contributed by atoms with Crippen molar-refractivity contribution in [2.45, 2.75) is 52.4 Å². The van der Waals surface area contributed by atoms with Gasteiger partial charge in [0.1, 0.15) is 0 Å². The summed E-state index contributed by atoms with van der Waals surface area (Å²) in [7, 11) is 0. The van der Waals surface area contributed by atoms with E-state index in [2.05, 4.69) is 45.6 Å². The fourth-order valence-electron chi connectivity index (χ4n) is 3.21. The molecule has 0 unspecified atom stereocenters. The van der Waals surface area contributed by atoms with E-state index < -0.39 is 0 Å². The first-order valence-corrected chi connectivity index (χ1v) is 8.60. The third kappa shape index (κ3) is 4.00. The van der Waals surface area contributed by atoms with Gasteiger partial charge in [-0.15, -0.1) is 0 Å². The van der Waals surface area contributed by atoms with E-state index in [1.54, 1.807) is 0 Å². The Balaban J connectivity index is 1.65. The van der Waals surface area contributed by atoms with Crippen molar-refractivity contribution in [3.63, 3.8) is 0 Å². The summed E-state index contributed by atoms with van der Waals surface area (Å²) in [5, 5.41) is 7.16. The molecule has 1 aliphatic rings. The van der Waals surface area contributed by atoms with Gasteiger partial charge in [0.2, 0.25) is 5.91 Å². The Morgan fingerprint density at radius 2 is 2.21 bits per heavy atom. The number of amides is 1. The van der Waals surface area contributed by atoms with Crippen LogP contribution in [-0.2, 0) is 24.4 Å².